The van der Waals surface area contributed by atoms with Crippen LogP contribution in [0.3, 0.4) is 0 Å². The molecule has 0 aliphatic carbocycles. The summed E-state index contributed by atoms with van der Waals surface area (Å²) in [7, 11) is 0. The molecular formula is C27H35FN6O. The van der Waals surface area contributed by atoms with E-state index in [1.54, 1.807) is 12.1 Å². The molecule has 7 nitrogen and oxygen atoms in total. The van der Waals surface area contributed by atoms with Crippen molar-refractivity contribution in [3.63, 3.8) is 0 Å². The Kier molecular flexibility index (Phi) is 7.00. The van der Waals surface area contributed by atoms with E-state index in [0.29, 0.717) is 6.04 Å². The van der Waals surface area contributed by atoms with Gasteiger partial charge in [0.25, 0.3) is 0 Å². The number of fused-ring (bicyclic) bond motifs is 1. The van der Waals surface area contributed by atoms with Crippen LogP contribution in [0.2, 0.25) is 0 Å². The minimum atomic E-state index is -0.264. The average Bonchev–Trinajstić information content (AvgIpc) is 3.54. The fourth-order valence-corrected chi connectivity index (χ4v) is 5.35. The van der Waals surface area contributed by atoms with E-state index < -0.39 is 0 Å². The second kappa shape index (κ2) is 10.3. The smallest absolute Gasteiger partial charge is 0.223 e. The summed E-state index contributed by atoms with van der Waals surface area (Å²) >= 11 is 0. The molecule has 1 amide bonds. The molecule has 35 heavy (non-hydrogen) atoms. The molecule has 0 unspecified atom stereocenters. The molecule has 1 aromatic carbocycles. The van der Waals surface area contributed by atoms with E-state index in [1.807, 2.05) is 17.5 Å². The number of benzene rings is 1. The summed E-state index contributed by atoms with van der Waals surface area (Å²) in [6.07, 6.45) is 5.24. The van der Waals surface area contributed by atoms with Crippen molar-refractivity contribution in [3.8, 4) is 11.3 Å². The molecule has 2 aliphatic rings. The Hall–Kier alpha value is -3.00. The highest BCUT2D eigenvalue weighted by molar-refractivity contribution is 5.79. The summed E-state index contributed by atoms with van der Waals surface area (Å²) < 4.78 is 15.2. The number of rotatable bonds is 7. The minimum Gasteiger partial charge on any atom is -0.356 e. The molecule has 1 N–H and O–H groups in total. The number of nitrogens with one attached hydrogen (secondary N) is 1. The van der Waals surface area contributed by atoms with E-state index in [0.717, 1.165) is 67.3 Å². The molecule has 0 radical (unpaired) electrons. The second-order valence-electron chi connectivity index (χ2n) is 10.00. The van der Waals surface area contributed by atoms with Crippen molar-refractivity contribution in [2.24, 2.45) is 5.92 Å². The Morgan fingerprint density at radius 3 is 2.54 bits per heavy atom. The van der Waals surface area contributed by atoms with Crippen molar-refractivity contribution in [2.45, 2.75) is 52.0 Å². The monoisotopic (exact) mass is 478 g/mol. The van der Waals surface area contributed by atoms with Gasteiger partial charge in [0, 0.05) is 55.0 Å². The van der Waals surface area contributed by atoms with E-state index in [2.05, 4.69) is 33.1 Å². The Labute approximate surface area is 206 Å². The predicted molar refractivity (Wildman–Crippen MR) is 136 cm³/mol. The van der Waals surface area contributed by atoms with Gasteiger partial charge >= 0.3 is 0 Å². The highest BCUT2D eigenvalue weighted by Crippen LogP contribution is 2.27. The highest BCUT2D eigenvalue weighted by Gasteiger charge is 2.27. The second-order valence-corrected chi connectivity index (χ2v) is 10.00. The number of carbonyl (C=O) groups is 1. The first-order valence-corrected chi connectivity index (χ1v) is 12.9. The van der Waals surface area contributed by atoms with Crippen LogP contribution >= 0.6 is 0 Å². The maximum absolute atomic E-state index is 13.3. The lowest BCUT2D eigenvalue weighted by molar-refractivity contribution is -0.125. The molecule has 4 heterocycles. The topological polar surface area (TPSA) is 65.8 Å². The molecule has 5 rings (SSSR count). The van der Waals surface area contributed by atoms with Gasteiger partial charge in [-0.05, 0) is 83.3 Å². The van der Waals surface area contributed by atoms with Gasteiger partial charge < -0.3 is 15.1 Å². The third kappa shape index (κ3) is 5.32. The maximum Gasteiger partial charge on any atom is 0.223 e. The van der Waals surface area contributed by atoms with Crippen LogP contribution in [0.5, 0.6) is 0 Å². The fraction of sp³-hybridized carbons (Fsp3) is 0.519. The number of anilines is 1. The third-order valence-electron chi connectivity index (χ3n) is 7.49. The molecule has 0 spiro atoms. The summed E-state index contributed by atoms with van der Waals surface area (Å²) in [6, 6.07) is 10.9. The lowest BCUT2D eigenvalue weighted by Crippen LogP contribution is -2.42. The molecule has 186 valence electrons. The number of carbonyl (C=O) groups excluding carboxylic acids is 1. The number of amides is 1. The first-order valence-electron chi connectivity index (χ1n) is 12.9. The van der Waals surface area contributed by atoms with Gasteiger partial charge in [-0.3, -0.25) is 4.79 Å². The van der Waals surface area contributed by atoms with Crippen molar-refractivity contribution < 1.29 is 9.18 Å². The lowest BCUT2D eigenvalue weighted by atomic mass is 9.96. The number of nitrogens with zero attached hydrogens (tertiary/aromatic N) is 5. The summed E-state index contributed by atoms with van der Waals surface area (Å²) in [4.78, 5) is 22.3. The maximum atomic E-state index is 13.3. The summed E-state index contributed by atoms with van der Waals surface area (Å²) in [5.74, 6) is 0.963. The van der Waals surface area contributed by atoms with Gasteiger partial charge in [0.1, 0.15) is 11.6 Å². The first-order chi connectivity index (χ1) is 17.0. The van der Waals surface area contributed by atoms with E-state index >= 15 is 0 Å². The average molecular weight is 479 g/mol. The molecule has 2 aromatic heterocycles. The van der Waals surface area contributed by atoms with Crippen LogP contribution in [0.25, 0.3) is 16.9 Å². The summed E-state index contributed by atoms with van der Waals surface area (Å²) in [5.41, 5.74) is 3.31. The van der Waals surface area contributed by atoms with Gasteiger partial charge in [-0.15, -0.1) is 0 Å². The van der Waals surface area contributed by atoms with Gasteiger partial charge in [-0.25, -0.2) is 9.37 Å². The van der Waals surface area contributed by atoms with Crippen LogP contribution < -0.4 is 10.2 Å². The number of likely N-dealkylation sites (tertiary alicyclic amines) is 1. The molecule has 2 fully saturated rings. The van der Waals surface area contributed by atoms with Crippen LogP contribution in [0, 0.1) is 18.7 Å². The number of aromatic nitrogens is 3. The third-order valence-corrected chi connectivity index (χ3v) is 7.49. The first kappa shape index (κ1) is 23.7. The van der Waals surface area contributed by atoms with Gasteiger partial charge in [-0.1, -0.05) is 0 Å². The zero-order valence-electron chi connectivity index (χ0n) is 20.7. The SMILES string of the molecule is Cc1cc(N2CCC(C(=O)NCC[C@@H](C)N3CCCC3)CC2)n2nc(-c3ccc(F)cc3)cc2n1. The van der Waals surface area contributed by atoms with E-state index in [9.17, 15) is 9.18 Å². The van der Waals surface area contributed by atoms with Gasteiger partial charge in [0.15, 0.2) is 5.65 Å². The van der Waals surface area contributed by atoms with Gasteiger partial charge in [0.05, 0.1) is 5.69 Å². The molecule has 2 aliphatic heterocycles. The standard InChI is InChI=1S/C27H35FN6O/c1-19-17-26(34-25(30-19)18-24(31-34)21-5-7-23(28)8-6-21)33-15-10-22(11-16-33)27(35)29-12-9-20(2)32-13-3-4-14-32/h5-8,17-18,20,22H,3-4,9-16H2,1-2H3,(H,29,35)/t20-/m1/s1. The Balaban J connectivity index is 1.21. The van der Waals surface area contributed by atoms with Crippen molar-refractivity contribution in [1.82, 2.24) is 24.8 Å². The minimum absolute atomic E-state index is 0.0548. The van der Waals surface area contributed by atoms with Crippen molar-refractivity contribution in [2.75, 3.05) is 37.6 Å². The largest absolute Gasteiger partial charge is 0.356 e. The summed E-state index contributed by atoms with van der Waals surface area (Å²) in [6.45, 7) is 8.98. The molecule has 8 heteroatoms. The molecule has 2 saturated heterocycles. The van der Waals surface area contributed by atoms with Crippen LogP contribution in [-0.4, -0.2) is 64.2 Å². The summed E-state index contributed by atoms with van der Waals surface area (Å²) in [5, 5.41) is 7.97. The Morgan fingerprint density at radius 2 is 1.83 bits per heavy atom. The van der Waals surface area contributed by atoms with Gasteiger partial charge in [-0.2, -0.15) is 9.61 Å². The molecule has 3 aromatic rings. The van der Waals surface area contributed by atoms with Crippen molar-refractivity contribution in [3.05, 3.63) is 47.9 Å². The fourth-order valence-electron chi connectivity index (χ4n) is 5.35. The van der Waals surface area contributed by atoms with Crippen LogP contribution in [-0.2, 0) is 4.79 Å². The normalized spacial score (nSPS) is 18.3. The predicted octanol–water partition coefficient (Wildman–Crippen LogP) is 4.05. The van der Waals surface area contributed by atoms with E-state index in [4.69, 9.17) is 5.10 Å². The van der Waals surface area contributed by atoms with E-state index in [-0.39, 0.29) is 17.6 Å². The Morgan fingerprint density at radius 1 is 1.11 bits per heavy atom. The van der Waals surface area contributed by atoms with Gasteiger partial charge in [0.2, 0.25) is 5.91 Å². The molecule has 0 saturated carbocycles. The zero-order valence-corrected chi connectivity index (χ0v) is 20.7. The highest BCUT2D eigenvalue weighted by atomic mass is 19.1. The number of hydrogen-bond acceptors (Lipinski definition) is 5. The molecular weight excluding hydrogens is 443 g/mol. The van der Waals surface area contributed by atoms with Crippen LogP contribution in [0.4, 0.5) is 10.2 Å². The number of aryl methyl sites for hydroxylation is 1. The van der Waals surface area contributed by atoms with Crippen molar-refractivity contribution in [1.29, 1.82) is 0 Å². The van der Waals surface area contributed by atoms with Crippen molar-refractivity contribution >= 4 is 17.4 Å². The lowest BCUT2D eigenvalue weighted by Gasteiger charge is -2.33. The van der Waals surface area contributed by atoms with Crippen LogP contribution in [0.1, 0.15) is 44.7 Å². The number of halogens is 1. The number of piperidine rings is 1. The zero-order chi connectivity index (χ0) is 24.4. The van der Waals surface area contributed by atoms with E-state index in [1.165, 1.54) is 38.1 Å². The van der Waals surface area contributed by atoms with Crippen LogP contribution in [0.15, 0.2) is 36.4 Å². The quantitative estimate of drug-likeness (QED) is 0.555. The Bertz CT molecular complexity index is 1160. The number of hydrogen-bond donors (Lipinski definition) is 1. The molecule has 0 bridgehead atoms. The molecule has 1 atom stereocenters.